The number of halogens is 1. The molecule has 0 saturated heterocycles. The first-order valence-corrected chi connectivity index (χ1v) is 10.1. The van der Waals surface area contributed by atoms with Gasteiger partial charge in [0.05, 0.1) is 29.8 Å². The second kappa shape index (κ2) is 9.73. The summed E-state index contributed by atoms with van der Waals surface area (Å²) >= 11 is 7.10. The Hall–Kier alpha value is -2.35. The maximum Gasteiger partial charge on any atom is 0.262 e. The number of aromatic nitrogens is 2. The topological polar surface area (TPSA) is 73.2 Å². The number of thioether (sulfide) groups is 1. The van der Waals surface area contributed by atoms with Crippen LogP contribution in [0.2, 0.25) is 5.02 Å². The van der Waals surface area contributed by atoms with Crippen molar-refractivity contribution in [3.8, 4) is 0 Å². The molecule has 0 aliphatic heterocycles. The molecule has 0 unspecified atom stereocenters. The van der Waals surface area contributed by atoms with Crippen LogP contribution in [-0.2, 0) is 22.6 Å². The summed E-state index contributed by atoms with van der Waals surface area (Å²) < 4.78 is 6.66. The summed E-state index contributed by atoms with van der Waals surface area (Å²) in [6, 6.07) is 14.5. The maximum atomic E-state index is 12.8. The van der Waals surface area contributed by atoms with Crippen molar-refractivity contribution in [2.24, 2.45) is 0 Å². The minimum atomic E-state index is -0.138. The van der Waals surface area contributed by atoms with Gasteiger partial charge < -0.3 is 10.1 Å². The third-order valence-corrected chi connectivity index (χ3v) is 5.31. The van der Waals surface area contributed by atoms with Gasteiger partial charge in [0.15, 0.2) is 5.16 Å². The number of carbonyl (C=O) groups is 1. The van der Waals surface area contributed by atoms with Crippen LogP contribution in [-0.4, -0.2) is 34.9 Å². The van der Waals surface area contributed by atoms with Crippen molar-refractivity contribution in [2.75, 3.05) is 19.5 Å². The molecule has 0 atom stereocenters. The minimum Gasteiger partial charge on any atom is -0.383 e. The highest BCUT2D eigenvalue weighted by Gasteiger charge is 2.13. The van der Waals surface area contributed by atoms with E-state index in [1.807, 2.05) is 24.3 Å². The van der Waals surface area contributed by atoms with E-state index < -0.39 is 0 Å². The number of rotatable bonds is 8. The average Bonchev–Trinajstić information content (AvgIpc) is 2.71. The van der Waals surface area contributed by atoms with Crippen LogP contribution >= 0.6 is 23.4 Å². The number of carbonyl (C=O) groups excluding carboxylic acids is 1. The maximum absolute atomic E-state index is 12.8. The SMILES string of the molecule is COCCn1c(SCC(=O)NCc2ccc(Cl)cc2)nc2ccccc2c1=O. The first-order valence-electron chi connectivity index (χ1n) is 8.71. The summed E-state index contributed by atoms with van der Waals surface area (Å²) in [4.78, 5) is 29.6. The Kier molecular flexibility index (Phi) is 7.08. The molecule has 0 aliphatic rings. The molecule has 0 fully saturated rings. The van der Waals surface area contributed by atoms with E-state index in [1.165, 1.54) is 11.8 Å². The zero-order valence-corrected chi connectivity index (χ0v) is 16.9. The molecular weight excluding hydrogens is 398 g/mol. The van der Waals surface area contributed by atoms with Crippen LogP contribution in [0.25, 0.3) is 10.9 Å². The van der Waals surface area contributed by atoms with E-state index in [4.69, 9.17) is 16.3 Å². The monoisotopic (exact) mass is 417 g/mol. The number of nitrogens with one attached hydrogen (secondary N) is 1. The second-order valence-corrected chi connectivity index (χ2v) is 7.43. The molecule has 1 amide bonds. The van der Waals surface area contributed by atoms with Gasteiger partial charge in [0.1, 0.15) is 0 Å². The number of ether oxygens (including phenoxy) is 1. The molecule has 3 rings (SSSR count). The smallest absolute Gasteiger partial charge is 0.262 e. The first-order chi connectivity index (χ1) is 13.6. The number of nitrogens with zero attached hydrogens (tertiary/aromatic N) is 2. The fourth-order valence-electron chi connectivity index (χ4n) is 2.62. The molecule has 0 bridgehead atoms. The van der Waals surface area contributed by atoms with Crippen LogP contribution < -0.4 is 10.9 Å². The molecule has 3 aromatic rings. The number of para-hydroxylation sites is 1. The van der Waals surface area contributed by atoms with Gasteiger partial charge in [-0.1, -0.05) is 47.6 Å². The van der Waals surface area contributed by atoms with E-state index in [2.05, 4.69) is 10.3 Å². The molecule has 0 aliphatic carbocycles. The molecule has 146 valence electrons. The lowest BCUT2D eigenvalue weighted by Gasteiger charge is -2.12. The highest BCUT2D eigenvalue weighted by atomic mass is 35.5. The number of amides is 1. The van der Waals surface area contributed by atoms with Crippen LogP contribution in [0, 0.1) is 0 Å². The van der Waals surface area contributed by atoms with Gasteiger partial charge in [-0.05, 0) is 29.8 Å². The number of hydrogen-bond acceptors (Lipinski definition) is 5. The van der Waals surface area contributed by atoms with Crippen molar-refractivity contribution in [3.05, 3.63) is 69.5 Å². The largest absolute Gasteiger partial charge is 0.383 e. The van der Waals surface area contributed by atoms with Crippen molar-refractivity contribution in [2.45, 2.75) is 18.2 Å². The highest BCUT2D eigenvalue weighted by molar-refractivity contribution is 7.99. The van der Waals surface area contributed by atoms with E-state index in [-0.39, 0.29) is 17.2 Å². The second-order valence-electron chi connectivity index (χ2n) is 6.05. The summed E-state index contributed by atoms with van der Waals surface area (Å²) in [5, 5.41) is 4.57. The number of hydrogen-bond donors (Lipinski definition) is 1. The van der Waals surface area contributed by atoms with Gasteiger partial charge in [-0.2, -0.15) is 0 Å². The van der Waals surface area contributed by atoms with Crippen LogP contribution in [0.3, 0.4) is 0 Å². The van der Waals surface area contributed by atoms with Crippen molar-refractivity contribution in [1.29, 1.82) is 0 Å². The highest BCUT2D eigenvalue weighted by Crippen LogP contribution is 2.18. The molecule has 28 heavy (non-hydrogen) atoms. The predicted octanol–water partition coefficient (Wildman–Crippen LogP) is 3.10. The summed E-state index contributed by atoms with van der Waals surface area (Å²) in [6.07, 6.45) is 0. The predicted molar refractivity (Wildman–Crippen MR) is 112 cm³/mol. The molecule has 0 spiro atoms. The van der Waals surface area contributed by atoms with Gasteiger partial charge in [-0.25, -0.2) is 4.98 Å². The van der Waals surface area contributed by atoms with Gasteiger partial charge in [-0.15, -0.1) is 0 Å². The Morgan fingerprint density at radius 3 is 2.71 bits per heavy atom. The number of methoxy groups -OCH3 is 1. The van der Waals surface area contributed by atoms with Crippen LogP contribution in [0.15, 0.2) is 58.5 Å². The van der Waals surface area contributed by atoms with Gasteiger partial charge >= 0.3 is 0 Å². The van der Waals surface area contributed by atoms with Crippen molar-refractivity contribution < 1.29 is 9.53 Å². The lowest BCUT2D eigenvalue weighted by Crippen LogP contribution is -2.27. The van der Waals surface area contributed by atoms with Crippen LogP contribution in [0.1, 0.15) is 5.56 Å². The summed E-state index contributed by atoms with van der Waals surface area (Å²) in [7, 11) is 1.58. The molecule has 8 heteroatoms. The Labute approximate surface area is 171 Å². The van der Waals surface area contributed by atoms with E-state index in [0.29, 0.717) is 40.8 Å². The molecule has 6 nitrogen and oxygen atoms in total. The molecule has 1 N–H and O–H groups in total. The van der Waals surface area contributed by atoms with Gasteiger partial charge in [-0.3, -0.25) is 14.2 Å². The summed E-state index contributed by atoms with van der Waals surface area (Å²) in [5.74, 6) is 0.0198. The van der Waals surface area contributed by atoms with Crippen molar-refractivity contribution >= 4 is 40.2 Å². The van der Waals surface area contributed by atoms with Gasteiger partial charge in [0, 0.05) is 18.7 Å². The van der Waals surface area contributed by atoms with Crippen LogP contribution in [0.5, 0.6) is 0 Å². The zero-order valence-electron chi connectivity index (χ0n) is 15.4. The van der Waals surface area contributed by atoms with Gasteiger partial charge in [0.25, 0.3) is 5.56 Å². The molecule has 2 aromatic carbocycles. The number of fused-ring (bicyclic) bond motifs is 1. The fraction of sp³-hybridized carbons (Fsp3) is 0.250. The minimum absolute atomic E-state index is 0.133. The third kappa shape index (κ3) is 5.13. The Morgan fingerprint density at radius 1 is 1.21 bits per heavy atom. The molecule has 0 radical (unpaired) electrons. The first kappa shape index (κ1) is 20.4. The van der Waals surface area contributed by atoms with E-state index in [9.17, 15) is 9.59 Å². The molecule has 1 heterocycles. The molecule has 0 saturated carbocycles. The van der Waals surface area contributed by atoms with Crippen LogP contribution in [0.4, 0.5) is 0 Å². The summed E-state index contributed by atoms with van der Waals surface area (Å²) in [6.45, 7) is 1.18. The fourth-order valence-corrected chi connectivity index (χ4v) is 3.60. The quantitative estimate of drug-likeness (QED) is 0.450. The standard InChI is InChI=1S/C20H20ClN3O3S/c1-27-11-10-24-19(26)16-4-2-3-5-17(16)23-20(24)28-13-18(25)22-12-14-6-8-15(21)9-7-14/h2-9H,10-13H2,1H3,(H,22,25). The molecular formula is C20H20ClN3O3S. The third-order valence-electron chi connectivity index (χ3n) is 4.08. The lowest BCUT2D eigenvalue weighted by molar-refractivity contribution is -0.118. The average molecular weight is 418 g/mol. The lowest BCUT2D eigenvalue weighted by atomic mass is 10.2. The van der Waals surface area contributed by atoms with Crippen molar-refractivity contribution in [3.63, 3.8) is 0 Å². The Balaban J connectivity index is 1.70. The van der Waals surface area contributed by atoms with E-state index in [1.54, 1.807) is 35.9 Å². The zero-order chi connectivity index (χ0) is 19.9. The van der Waals surface area contributed by atoms with E-state index >= 15 is 0 Å². The normalized spacial score (nSPS) is 10.9. The summed E-state index contributed by atoms with van der Waals surface area (Å²) in [5.41, 5.74) is 1.44. The molecule has 1 aromatic heterocycles. The van der Waals surface area contributed by atoms with Crippen molar-refractivity contribution in [1.82, 2.24) is 14.9 Å². The van der Waals surface area contributed by atoms with Gasteiger partial charge in [0.2, 0.25) is 5.91 Å². The Morgan fingerprint density at radius 2 is 1.96 bits per heavy atom. The Bertz CT molecular complexity index is 1020. The van der Waals surface area contributed by atoms with E-state index in [0.717, 1.165) is 5.56 Å². The number of benzene rings is 2.